The second kappa shape index (κ2) is 9.78. The van der Waals surface area contributed by atoms with E-state index in [2.05, 4.69) is 53.0 Å². The van der Waals surface area contributed by atoms with Gasteiger partial charge in [-0.25, -0.2) is 4.39 Å². The van der Waals surface area contributed by atoms with Gasteiger partial charge >= 0.3 is 0 Å². The Morgan fingerprint density at radius 2 is 1.71 bits per heavy atom. The molecule has 0 aromatic heterocycles. The summed E-state index contributed by atoms with van der Waals surface area (Å²) in [4.78, 5) is 0. The minimum Gasteiger partial charge on any atom is -0.490 e. The molecule has 0 aliphatic heterocycles. The molecule has 0 heterocycles. The molecule has 28 heavy (non-hydrogen) atoms. The van der Waals surface area contributed by atoms with Crippen LogP contribution < -0.4 is 14.8 Å². The van der Waals surface area contributed by atoms with E-state index >= 15 is 0 Å². The van der Waals surface area contributed by atoms with Crippen molar-refractivity contribution in [1.82, 2.24) is 0 Å². The first-order valence-electron chi connectivity index (χ1n) is 9.18. The summed E-state index contributed by atoms with van der Waals surface area (Å²) in [6, 6.07) is 18.6. The monoisotopic (exact) mass is 491 g/mol. The zero-order chi connectivity index (χ0) is 19.9. The Morgan fingerprint density at radius 3 is 2.43 bits per heavy atom. The Bertz CT molecular complexity index is 928. The third kappa shape index (κ3) is 5.38. The molecule has 0 amide bonds. The van der Waals surface area contributed by atoms with E-state index in [9.17, 15) is 4.39 Å². The van der Waals surface area contributed by atoms with Crippen molar-refractivity contribution in [3.8, 4) is 11.5 Å². The lowest BCUT2D eigenvalue weighted by atomic mass is 10.1. The molecule has 0 bridgehead atoms. The van der Waals surface area contributed by atoms with E-state index in [-0.39, 0.29) is 5.82 Å². The number of aryl methyl sites for hydroxylation is 1. The summed E-state index contributed by atoms with van der Waals surface area (Å²) in [5.74, 6) is 1.18. The first kappa shape index (κ1) is 20.5. The number of anilines is 1. The maximum absolute atomic E-state index is 13.1. The molecule has 0 unspecified atom stereocenters. The summed E-state index contributed by atoms with van der Waals surface area (Å²) < 4.78 is 25.9. The smallest absolute Gasteiger partial charge is 0.174 e. The number of para-hydroxylation sites is 1. The van der Waals surface area contributed by atoms with Crippen LogP contribution in [0.2, 0.25) is 0 Å². The molecule has 3 rings (SSSR count). The minimum atomic E-state index is -0.251. The Morgan fingerprint density at radius 1 is 0.964 bits per heavy atom. The van der Waals surface area contributed by atoms with Gasteiger partial charge in [-0.3, -0.25) is 0 Å². The van der Waals surface area contributed by atoms with Crippen LogP contribution in [0.1, 0.15) is 23.6 Å². The molecule has 146 valence electrons. The summed E-state index contributed by atoms with van der Waals surface area (Å²) >= 11 is 2.27. The number of hydrogen-bond acceptors (Lipinski definition) is 3. The summed E-state index contributed by atoms with van der Waals surface area (Å²) in [5.41, 5.74) is 4.35. The van der Waals surface area contributed by atoms with Crippen LogP contribution in [0.3, 0.4) is 0 Å². The summed E-state index contributed by atoms with van der Waals surface area (Å²) in [6.45, 7) is 5.65. The van der Waals surface area contributed by atoms with Crippen LogP contribution in [-0.4, -0.2) is 6.61 Å². The Labute approximate surface area is 179 Å². The fourth-order valence-electron chi connectivity index (χ4n) is 2.83. The average Bonchev–Trinajstić information content (AvgIpc) is 2.68. The molecule has 0 aliphatic rings. The molecule has 5 heteroatoms. The molecule has 0 atom stereocenters. The van der Waals surface area contributed by atoms with Gasteiger partial charge in [0, 0.05) is 12.2 Å². The second-order valence-electron chi connectivity index (χ2n) is 6.42. The van der Waals surface area contributed by atoms with Crippen LogP contribution >= 0.6 is 22.6 Å². The van der Waals surface area contributed by atoms with Crippen molar-refractivity contribution in [1.29, 1.82) is 0 Å². The largest absolute Gasteiger partial charge is 0.490 e. The predicted molar refractivity (Wildman–Crippen MR) is 120 cm³/mol. The third-order valence-corrected chi connectivity index (χ3v) is 5.09. The van der Waals surface area contributed by atoms with Crippen LogP contribution in [0.4, 0.5) is 10.1 Å². The van der Waals surface area contributed by atoms with Crippen LogP contribution in [0.25, 0.3) is 0 Å². The van der Waals surface area contributed by atoms with E-state index in [1.165, 1.54) is 17.7 Å². The van der Waals surface area contributed by atoms with E-state index in [1.807, 2.05) is 25.1 Å². The fourth-order valence-corrected chi connectivity index (χ4v) is 3.65. The van der Waals surface area contributed by atoms with Gasteiger partial charge in [0.25, 0.3) is 0 Å². The number of rotatable bonds is 8. The predicted octanol–water partition coefficient (Wildman–Crippen LogP) is 6.33. The Hall–Kier alpha value is -2.28. The van der Waals surface area contributed by atoms with Gasteiger partial charge in [-0.1, -0.05) is 30.3 Å². The molecule has 0 aliphatic carbocycles. The number of ether oxygens (including phenoxy) is 2. The average molecular weight is 491 g/mol. The van der Waals surface area contributed by atoms with Crippen molar-refractivity contribution < 1.29 is 13.9 Å². The van der Waals surface area contributed by atoms with Gasteiger partial charge in [0.1, 0.15) is 12.4 Å². The molecule has 0 radical (unpaired) electrons. The van der Waals surface area contributed by atoms with Crippen molar-refractivity contribution in [2.75, 3.05) is 11.9 Å². The summed E-state index contributed by atoms with van der Waals surface area (Å²) in [6.07, 6.45) is 0. The van der Waals surface area contributed by atoms with Crippen molar-refractivity contribution in [3.05, 3.63) is 86.7 Å². The topological polar surface area (TPSA) is 30.5 Å². The van der Waals surface area contributed by atoms with Crippen molar-refractivity contribution in [3.63, 3.8) is 0 Å². The lowest BCUT2D eigenvalue weighted by Gasteiger charge is -2.16. The zero-order valence-corrected chi connectivity index (χ0v) is 18.1. The molecule has 1 N–H and O–H groups in total. The van der Waals surface area contributed by atoms with Gasteiger partial charge in [-0.15, -0.1) is 0 Å². The number of halogens is 2. The molecule has 3 aromatic carbocycles. The van der Waals surface area contributed by atoms with Gasteiger partial charge in [0.05, 0.1) is 10.2 Å². The standard InChI is InChI=1S/C23H23FINO2/c1-3-27-22-13-18(14-26-21-7-5-4-6-16(21)2)12-20(25)23(22)28-15-17-8-10-19(24)11-9-17/h4-13,26H,3,14-15H2,1-2H3. The first-order valence-corrected chi connectivity index (χ1v) is 10.3. The van der Waals surface area contributed by atoms with Crippen LogP contribution in [0.15, 0.2) is 60.7 Å². The zero-order valence-electron chi connectivity index (χ0n) is 16.0. The summed E-state index contributed by atoms with van der Waals surface area (Å²) in [5, 5.41) is 3.47. The highest BCUT2D eigenvalue weighted by Crippen LogP contribution is 2.35. The second-order valence-corrected chi connectivity index (χ2v) is 7.58. The quantitative estimate of drug-likeness (QED) is 0.374. The van der Waals surface area contributed by atoms with Crippen LogP contribution in [0.5, 0.6) is 11.5 Å². The van der Waals surface area contributed by atoms with Gasteiger partial charge < -0.3 is 14.8 Å². The van der Waals surface area contributed by atoms with Crippen LogP contribution in [0, 0.1) is 16.3 Å². The Balaban J connectivity index is 1.75. The van der Waals surface area contributed by atoms with Crippen LogP contribution in [-0.2, 0) is 13.2 Å². The maximum Gasteiger partial charge on any atom is 0.174 e. The minimum absolute atomic E-state index is 0.251. The number of benzene rings is 3. The molecular weight excluding hydrogens is 468 g/mol. The number of hydrogen-bond donors (Lipinski definition) is 1. The highest BCUT2D eigenvalue weighted by Gasteiger charge is 2.13. The van der Waals surface area contributed by atoms with Gasteiger partial charge in [-0.2, -0.15) is 0 Å². The highest BCUT2D eigenvalue weighted by molar-refractivity contribution is 14.1. The lowest BCUT2D eigenvalue weighted by molar-refractivity contribution is 0.267. The van der Waals surface area contributed by atoms with E-state index in [0.29, 0.717) is 25.5 Å². The lowest BCUT2D eigenvalue weighted by Crippen LogP contribution is -2.05. The van der Waals surface area contributed by atoms with Crippen molar-refractivity contribution in [2.24, 2.45) is 0 Å². The third-order valence-electron chi connectivity index (χ3n) is 4.29. The molecule has 0 saturated carbocycles. The molecule has 0 fully saturated rings. The molecule has 3 aromatic rings. The SMILES string of the molecule is CCOc1cc(CNc2ccccc2C)cc(I)c1OCc1ccc(F)cc1. The van der Waals surface area contributed by atoms with E-state index in [0.717, 1.165) is 26.1 Å². The van der Waals surface area contributed by atoms with E-state index < -0.39 is 0 Å². The Kier molecular flexibility index (Phi) is 7.14. The van der Waals surface area contributed by atoms with E-state index in [1.54, 1.807) is 12.1 Å². The highest BCUT2D eigenvalue weighted by atomic mass is 127. The molecular formula is C23H23FINO2. The van der Waals surface area contributed by atoms with Gasteiger partial charge in [-0.05, 0) is 83.5 Å². The molecule has 0 spiro atoms. The van der Waals surface area contributed by atoms with Crippen molar-refractivity contribution >= 4 is 28.3 Å². The molecule has 3 nitrogen and oxygen atoms in total. The van der Waals surface area contributed by atoms with E-state index in [4.69, 9.17) is 9.47 Å². The first-order chi connectivity index (χ1) is 13.6. The number of nitrogens with one attached hydrogen (secondary N) is 1. The fraction of sp³-hybridized carbons (Fsp3) is 0.217. The maximum atomic E-state index is 13.1. The van der Waals surface area contributed by atoms with Gasteiger partial charge in [0.2, 0.25) is 0 Å². The van der Waals surface area contributed by atoms with Gasteiger partial charge in [0.15, 0.2) is 11.5 Å². The normalized spacial score (nSPS) is 10.6. The van der Waals surface area contributed by atoms with Crippen molar-refractivity contribution in [2.45, 2.75) is 27.0 Å². The summed E-state index contributed by atoms with van der Waals surface area (Å²) in [7, 11) is 0. The molecule has 0 saturated heterocycles.